The van der Waals surface area contributed by atoms with Crippen LogP contribution in [0, 0.1) is 11.3 Å². The third-order valence-electron chi connectivity index (χ3n) is 5.29. The maximum atomic E-state index is 12.8. The molecule has 5 rings (SSSR count). The zero-order valence-electron chi connectivity index (χ0n) is 17.2. The van der Waals surface area contributed by atoms with Gasteiger partial charge in [0.25, 0.3) is 5.91 Å². The number of aromatic nitrogens is 1. The van der Waals surface area contributed by atoms with E-state index in [1.807, 2.05) is 66.7 Å². The Hall–Kier alpha value is -4.40. The van der Waals surface area contributed by atoms with Crippen LogP contribution < -0.4 is 5.32 Å². The Bertz CT molecular complexity index is 1580. The smallest absolute Gasteiger partial charge is 0.266 e. The SMILES string of the molecule is N#C/C(=C\c1ccc2noc(-c3ccc(Cl)cc3)c2c1)C(=O)Nc1ccc2ccccc2c1. The van der Waals surface area contributed by atoms with Gasteiger partial charge in [0.15, 0.2) is 5.76 Å². The Labute approximate surface area is 194 Å². The lowest BCUT2D eigenvalue weighted by molar-refractivity contribution is -0.112. The standard InChI is InChI=1S/C27H16ClN3O2/c28-22-9-6-19(7-10-22)26-24-14-17(5-12-25(24)31-33-26)13-21(16-29)27(32)30-23-11-8-18-3-1-2-4-20(18)15-23/h1-15H,(H,30,32)/b21-13+. The van der Waals surface area contributed by atoms with Crippen LogP contribution in [0.3, 0.4) is 0 Å². The lowest BCUT2D eigenvalue weighted by Crippen LogP contribution is -2.13. The van der Waals surface area contributed by atoms with Crippen molar-refractivity contribution in [2.75, 3.05) is 5.32 Å². The van der Waals surface area contributed by atoms with E-state index in [-0.39, 0.29) is 5.57 Å². The molecule has 0 atom stereocenters. The van der Waals surface area contributed by atoms with Crippen molar-refractivity contribution in [3.8, 4) is 17.4 Å². The zero-order valence-corrected chi connectivity index (χ0v) is 18.0. The zero-order chi connectivity index (χ0) is 22.8. The Morgan fingerprint density at radius 2 is 1.76 bits per heavy atom. The number of amides is 1. The fraction of sp³-hybridized carbons (Fsp3) is 0. The van der Waals surface area contributed by atoms with E-state index in [1.54, 1.807) is 30.3 Å². The van der Waals surface area contributed by atoms with Gasteiger partial charge in [-0.3, -0.25) is 4.79 Å². The lowest BCUT2D eigenvalue weighted by Gasteiger charge is -2.06. The Kier molecular flexibility index (Phi) is 5.35. The van der Waals surface area contributed by atoms with Gasteiger partial charge in [0, 0.05) is 16.3 Å². The number of nitrogens with zero attached hydrogens (tertiary/aromatic N) is 2. The molecule has 0 fully saturated rings. The first-order valence-electron chi connectivity index (χ1n) is 10.2. The number of hydrogen-bond acceptors (Lipinski definition) is 4. The van der Waals surface area contributed by atoms with Crippen LogP contribution in [0.15, 0.2) is 95.0 Å². The van der Waals surface area contributed by atoms with Crippen molar-refractivity contribution in [3.05, 3.63) is 101 Å². The number of rotatable bonds is 4. The van der Waals surface area contributed by atoms with Crippen LogP contribution in [-0.4, -0.2) is 11.1 Å². The van der Waals surface area contributed by atoms with Gasteiger partial charge in [0.1, 0.15) is 17.2 Å². The number of halogens is 1. The summed E-state index contributed by atoms with van der Waals surface area (Å²) in [6, 6.07) is 28.2. The van der Waals surface area contributed by atoms with E-state index in [4.69, 9.17) is 16.1 Å². The van der Waals surface area contributed by atoms with E-state index in [9.17, 15) is 10.1 Å². The molecule has 0 aliphatic rings. The van der Waals surface area contributed by atoms with Gasteiger partial charge in [-0.1, -0.05) is 53.2 Å². The summed E-state index contributed by atoms with van der Waals surface area (Å²) in [5.41, 5.74) is 2.81. The number of fused-ring (bicyclic) bond motifs is 2. The molecule has 0 saturated heterocycles. The topological polar surface area (TPSA) is 78.9 Å². The summed E-state index contributed by atoms with van der Waals surface area (Å²) in [7, 11) is 0. The minimum Gasteiger partial charge on any atom is -0.355 e. The molecule has 1 N–H and O–H groups in total. The average molecular weight is 450 g/mol. The fourth-order valence-electron chi connectivity index (χ4n) is 3.64. The van der Waals surface area contributed by atoms with E-state index in [0.29, 0.717) is 27.6 Å². The van der Waals surface area contributed by atoms with Crippen LogP contribution in [-0.2, 0) is 4.79 Å². The lowest BCUT2D eigenvalue weighted by atomic mass is 10.0. The third-order valence-corrected chi connectivity index (χ3v) is 5.54. The highest BCUT2D eigenvalue weighted by atomic mass is 35.5. The molecule has 0 radical (unpaired) electrons. The van der Waals surface area contributed by atoms with Gasteiger partial charge in [-0.2, -0.15) is 5.26 Å². The maximum Gasteiger partial charge on any atom is 0.266 e. The summed E-state index contributed by atoms with van der Waals surface area (Å²) < 4.78 is 5.53. The number of anilines is 1. The van der Waals surface area contributed by atoms with Crippen LogP contribution in [0.25, 0.3) is 39.1 Å². The second kappa shape index (κ2) is 8.62. The van der Waals surface area contributed by atoms with E-state index in [0.717, 1.165) is 21.7 Å². The summed E-state index contributed by atoms with van der Waals surface area (Å²) in [4.78, 5) is 12.8. The second-order valence-corrected chi connectivity index (χ2v) is 7.92. The monoisotopic (exact) mass is 449 g/mol. The van der Waals surface area contributed by atoms with Gasteiger partial charge in [0.05, 0.1) is 5.39 Å². The Morgan fingerprint density at radius 3 is 2.55 bits per heavy atom. The van der Waals surface area contributed by atoms with Gasteiger partial charge in [-0.25, -0.2) is 0 Å². The number of benzene rings is 4. The molecular weight excluding hydrogens is 434 g/mol. The average Bonchev–Trinajstić information content (AvgIpc) is 3.26. The largest absolute Gasteiger partial charge is 0.355 e. The molecule has 158 valence electrons. The molecule has 1 amide bonds. The van der Waals surface area contributed by atoms with Gasteiger partial charge >= 0.3 is 0 Å². The van der Waals surface area contributed by atoms with Gasteiger partial charge in [-0.05, 0) is 70.9 Å². The van der Waals surface area contributed by atoms with Crippen LogP contribution in [0.1, 0.15) is 5.56 Å². The fourth-order valence-corrected chi connectivity index (χ4v) is 3.77. The van der Waals surface area contributed by atoms with Crippen molar-refractivity contribution < 1.29 is 9.32 Å². The highest BCUT2D eigenvalue weighted by Crippen LogP contribution is 2.30. The van der Waals surface area contributed by atoms with Gasteiger partial charge in [-0.15, -0.1) is 0 Å². The van der Waals surface area contributed by atoms with E-state index >= 15 is 0 Å². The molecule has 0 aliphatic carbocycles. The van der Waals surface area contributed by atoms with Gasteiger partial charge < -0.3 is 9.84 Å². The molecular formula is C27H16ClN3O2. The summed E-state index contributed by atoms with van der Waals surface area (Å²) in [6.07, 6.45) is 1.55. The van der Waals surface area contributed by atoms with E-state index in [1.165, 1.54) is 0 Å². The second-order valence-electron chi connectivity index (χ2n) is 7.48. The number of carbonyl (C=O) groups is 1. The summed E-state index contributed by atoms with van der Waals surface area (Å²) in [6.45, 7) is 0. The number of hydrogen-bond donors (Lipinski definition) is 1. The molecule has 0 spiro atoms. The predicted molar refractivity (Wildman–Crippen MR) is 131 cm³/mol. The summed E-state index contributed by atoms with van der Waals surface area (Å²) >= 11 is 5.98. The van der Waals surface area contributed by atoms with Crippen LogP contribution in [0.2, 0.25) is 5.02 Å². The molecule has 6 heteroatoms. The molecule has 5 aromatic rings. The molecule has 4 aromatic carbocycles. The van der Waals surface area contributed by atoms with Crippen LogP contribution in [0.4, 0.5) is 5.69 Å². The molecule has 5 nitrogen and oxygen atoms in total. The summed E-state index contributed by atoms with van der Waals surface area (Å²) in [5, 5.41) is 20.0. The van der Waals surface area contributed by atoms with Crippen molar-refractivity contribution in [1.29, 1.82) is 5.26 Å². The molecule has 0 saturated carbocycles. The van der Waals surface area contributed by atoms with E-state index in [2.05, 4.69) is 10.5 Å². The van der Waals surface area contributed by atoms with Crippen molar-refractivity contribution in [2.45, 2.75) is 0 Å². The number of nitriles is 1. The molecule has 1 heterocycles. The number of carbonyl (C=O) groups excluding carboxylic acids is 1. The highest BCUT2D eigenvalue weighted by molar-refractivity contribution is 6.30. The molecule has 0 aliphatic heterocycles. The third kappa shape index (κ3) is 4.20. The minimum absolute atomic E-state index is 0.00740. The number of nitrogens with one attached hydrogen (secondary N) is 1. The summed E-state index contributed by atoms with van der Waals surface area (Å²) in [5.74, 6) is 0.118. The Morgan fingerprint density at radius 1 is 0.970 bits per heavy atom. The highest BCUT2D eigenvalue weighted by Gasteiger charge is 2.13. The van der Waals surface area contributed by atoms with Crippen molar-refractivity contribution in [3.63, 3.8) is 0 Å². The molecule has 0 unspecified atom stereocenters. The maximum absolute atomic E-state index is 12.8. The normalized spacial score (nSPS) is 11.5. The first-order chi connectivity index (χ1) is 16.1. The predicted octanol–water partition coefficient (Wildman–Crippen LogP) is 6.85. The molecule has 1 aromatic heterocycles. The first-order valence-corrected chi connectivity index (χ1v) is 10.6. The van der Waals surface area contributed by atoms with Gasteiger partial charge in [0.2, 0.25) is 0 Å². The van der Waals surface area contributed by atoms with Crippen molar-refractivity contribution in [1.82, 2.24) is 5.16 Å². The minimum atomic E-state index is -0.476. The Balaban J connectivity index is 1.45. The van der Waals surface area contributed by atoms with Crippen molar-refractivity contribution in [2.24, 2.45) is 0 Å². The van der Waals surface area contributed by atoms with Crippen molar-refractivity contribution >= 4 is 50.9 Å². The van der Waals surface area contributed by atoms with Crippen LogP contribution in [0.5, 0.6) is 0 Å². The quantitative estimate of drug-likeness (QED) is 0.240. The van der Waals surface area contributed by atoms with E-state index < -0.39 is 5.91 Å². The van der Waals surface area contributed by atoms with Crippen LogP contribution >= 0.6 is 11.6 Å². The molecule has 33 heavy (non-hydrogen) atoms. The first kappa shape index (κ1) is 20.5. The molecule has 0 bridgehead atoms.